The standard InChI is InChI=1S/C13H16FN5O.ClH/c1-9(6-15)7-16-13(20)12-8-17-19(18-12)11-4-2-10(14)3-5-11;/h2-5,8-9H,6-7,15H2,1H3,(H,16,20);1H. The Balaban J connectivity index is 0.00000220. The molecule has 0 aliphatic rings. The lowest BCUT2D eigenvalue weighted by atomic mass is 10.2. The van der Waals surface area contributed by atoms with E-state index in [0.717, 1.165) is 0 Å². The van der Waals surface area contributed by atoms with Crippen LogP contribution in [0.15, 0.2) is 30.5 Å². The fourth-order valence-corrected chi connectivity index (χ4v) is 1.51. The Morgan fingerprint density at radius 1 is 1.43 bits per heavy atom. The van der Waals surface area contributed by atoms with Gasteiger partial charge in [-0.25, -0.2) is 4.39 Å². The number of rotatable bonds is 5. The van der Waals surface area contributed by atoms with Crippen LogP contribution in [0.5, 0.6) is 0 Å². The molecule has 8 heteroatoms. The number of nitrogens with one attached hydrogen (secondary N) is 1. The van der Waals surface area contributed by atoms with Gasteiger partial charge < -0.3 is 11.1 Å². The third-order valence-corrected chi connectivity index (χ3v) is 2.80. The van der Waals surface area contributed by atoms with Gasteiger partial charge in [-0.15, -0.1) is 17.5 Å². The van der Waals surface area contributed by atoms with Crippen LogP contribution in [-0.4, -0.2) is 34.0 Å². The molecule has 3 N–H and O–H groups in total. The van der Waals surface area contributed by atoms with Crippen molar-refractivity contribution in [3.8, 4) is 5.69 Å². The molecule has 6 nitrogen and oxygen atoms in total. The lowest BCUT2D eigenvalue weighted by Crippen LogP contribution is -2.31. The second-order valence-corrected chi connectivity index (χ2v) is 4.55. The molecule has 0 saturated carbocycles. The zero-order valence-electron chi connectivity index (χ0n) is 11.5. The van der Waals surface area contributed by atoms with E-state index in [1.165, 1.54) is 35.3 Å². The normalized spacial score (nSPS) is 11.6. The smallest absolute Gasteiger partial charge is 0.273 e. The first-order valence-electron chi connectivity index (χ1n) is 6.26. The van der Waals surface area contributed by atoms with Crippen LogP contribution in [-0.2, 0) is 0 Å². The van der Waals surface area contributed by atoms with E-state index in [0.29, 0.717) is 18.8 Å². The topological polar surface area (TPSA) is 85.8 Å². The molecule has 1 aromatic carbocycles. The summed E-state index contributed by atoms with van der Waals surface area (Å²) in [5.74, 6) is -0.445. The molecule has 0 aliphatic heterocycles. The third-order valence-electron chi connectivity index (χ3n) is 2.80. The summed E-state index contributed by atoms with van der Waals surface area (Å²) in [6.45, 7) is 2.93. The van der Waals surface area contributed by atoms with E-state index in [9.17, 15) is 9.18 Å². The van der Waals surface area contributed by atoms with Crippen molar-refractivity contribution >= 4 is 18.3 Å². The lowest BCUT2D eigenvalue weighted by molar-refractivity contribution is 0.0943. The van der Waals surface area contributed by atoms with Gasteiger partial charge >= 0.3 is 0 Å². The molecule has 1 aromatic heterocycles. The van der Waals surface area contributed by atoms with Crippen molar-refractivity contribution in [3.63, 3.8) is 0 Å². The van der Waals surface area contributed by atoms with Gasteiger partial charge in [-0.3, -0.25) is 4.79 Å². The maximum atomic E-state index is 12.8. The maximum absolute atomic E-state index is 12.8. The van der Waals surface area contributed by atoms with Crippen LogP contribution >= 0.6 is 12.4 Å². The van der Waals surface area contributed by atoms with Gasteiger partial charge in [0.15, 0.2) is 5.69 Å². The number of nitrogens with two attached hydrogens (primary N) is 1. The lowest BCUT2D eigenvalue weighted by Gasteiger charge is -2.08. The third kappa shape index (κ3) is 4.51. The van der Waals surface area contributed by atoms with E-state index in [1.807, 2.05) is 6.92 Å². The van der Waals surface area contributed by atoms with Gasteiger partial charge in [0, 0.05) is 6.54 Å². The number of halogens is 2. The van der Waals surface area contributed by atoms with Crippen molar-refractivity contribution < 1.29 is 9.18 Å². The summed E-state index contributed by atoms with van der Waals surface area (Å²) >= 11 is 0. The molecule has 1 amide bonds. The molecule has 114 valence electrons. The molecule has 0 fully saturated rings. The highest BCUT2D eigenvalue weighted by atomic mass is 35.5. The molecule has 0 radical (unpaired) electrons. The maximum Gasteiger partial charge on any atom is 0.273 e. The number of hydrogen-bond donors (Lipinski definition) is 2. The zero-order valence-corrected chi connectivity index (χ0v) is 12.3. The van der Waals surface area contributed by atoms with Gasteiger partial charge in [0.25, 0.3) is 5.91 Å². The first kappa shape index (κ1) is 17.1. The van der Waals surface area contributed by atoms with Crippen molar-refractivity contribution in [2.75, 3.05) is 13.1 Å². The van der Waals surface area contributed by atoms with Gasteiger partial charge in [-0.05, 0) is 36.7 Å². The summed E-state index contributed by atoms with van der Waals surface area (Å²) in [7, 11) is 0. The average molecular weight is 314 g/mol. The van der Waals surface area contributed by atoms with Crippen LogP contribution in [0.3, 0.4) is 0 Å². The van der Waals surface area contributed by atoms with Crippen LogP contribution < -0.4 is 11.1 Å². The minimum absolute atomic E-state index is 0. The fraction of sp³-hybridized carbons (Fsp3) is 0.308. The van der Waals surface area contributed by atoms with Gasteiger partial charge in [0.05, 0.1) is 11.9 Å². The molecule has 2 aromatic rings. The number of amides is 1. The second-order valence-electron chi connectivity index (χ2n) is 4.55. The first-order chi connectivity index (χ1) is 9.60. The number of nitrogens with zero attached hydrogens (tertiary/aromatic N) is 3. The molecule has 0 aliphatic carbocycles. The van der Waals surface area contributed by atoms with E-state index >= 15 is 0 Å². The summed E-state index contributed by atoms with van der Waals surface area (Å²) < 4.78 is 12.8. The molecule has 0 saturated heterocycles. The largest absolute Gasteiger partial charge is 0.350 e. The van der Waals surface area contributed by atoms with Crippen LogP contribution in [0.1, 0.15) is 17.4 Å². The summed E-state index contributed by atoms with van der Waals surface area (Å²) in [5.41, 5.74) is 6.27. The van der Waals surface area contributed by atoms with Crippen molar-refractivity contribution in [1.29, 1.82) is 0 Å². The van der Waals surface area contributed by atoms with Gasteiger partial charge in [-0.1, -0.05) is 6.92 Å². The Kier molecular flexibility index (Phi) is 6.26. The summed E-state index contributed by atoms with van der Waals surface area (Å²) in [4.78, 5) is 13.1. The van der Waals surface area contributed by atoms with E-state index in [1.54, 1.807) is 0 Å². The van der Waals surface area contributed by atoms with Crippen molar-refractivity contribution in [2.24, 2.45) is 11.7 Å². The van der Waals surface area contributed by atoms with Crippen LogP contribution in [0.2, 0.25) is 0 Å². The highest BCUT2D eigenvalue weighted by molar-refractivity contribution is 5.91. The highest BCUT2D eigenvalue weighted by Crippen LogP contribution is 2.07. The van der Waals surface area contributed by atoms with Gasteiger partial charge in [-0.2, -0.15) is 9.90 Å². The van der Waals surface area contributed by atoms with Gasteiger partial charge in [0.1, 0.15) is 5.82 Å². The molecule has 21 heavy (non-hydrogen) atoms. The van der Waals surface area contributed by atoms with Crippen molar-refractivity contribution in [3.05, 3.63) is 42.0 Å². The number of carbonyl (C=O) groups excluding carboxylic acids is 1. The van der Waals surface area contributed by atoms with E-state index in [-0.39, 0.29) is 35.7 Å². The van der Waals surface area contributed by atoms with E-state index < -0.39 is 0 Å². The fourth-order valence-electron chi connectivity index (χ4n) is 1.51. The molecule has 2 rings (SSSR count). The molecular weight excluding hydrogens is 297 g/mol. The highest BCUT2D eigenvalue weighted by Gasteiger charge is 2.12. The zero-order chi connectivity index (χ0) is 14.5. The SMILES string of the molecule is CC(CN)CNC(=O)c1cnn(-c2ccc(F)cc2)n1.Cl. The number of carbonyl (C=O) groups is 1. The van der Waals surface area contributed by atoms with Crippen LogP contribution in [0.25, 0.3) is 5.69 Å². The second kappa shape index (κ2) is 7.70. The number of aromatic nitrogens is 3. The minimum Gasteiger partial charge on any atom is -0.350 e. The molecule has 0 spiro atoms. The Morgan fingerprint density at radius 2 is 2.10 bits per heavy atom. The number of hydrogen-bond acceptors (Lipinski definition) is 4. The summed E-state index contributed by atoms with van der Waals surface area (Å²) in [6.07, 6.45) is 1.37. The van der Waals surface area contributed by atoms with E-state index in [2.05, 4.69) is 15.5 Å². The number of benzene rings is 1. The average Bonchev–Trinajstić information content (AvgIpc) is 2.95. The monoisotopic (exact) mass is 313 g/mol. The van der Waals surface area contributed by atoms with Crippen LogP contribution in [0.4, 0.5) is 4.39 Å². The Labute approximate surface area is 127 Å². The Hall–Kier alpha value is -1.99. The first-order valence-corrected chi connectivity index (χ1v) is 6.26. The summed E-state index contributed by atoms with van der Waals surface area (Å²) in [6, 6.07) is 5.68. The molecule has 1 heterocycles. The Bertz CT molecular complexity index is 587. The predicted octanol–water partition coefficient (Wildman–Crippen LogP) is 1.15. The molecular formula is C13H17ClFN5O. The molecule has 1 atom stereocenters. The predicted molar refractivity (Wildman–Crippen MR) is 79.1 cm³/mol. The van der Waals surface area contributed by atoms with E-state index in [4.69, 9.17) is 5.73 Å². The van der Waals surface area contributed by atoms with Crippen molar-refractivity contribution in [2.45, 2.75) is 6.92 Å². The molecule has 0 bridgehead atoms. The summed E-state index contributed by atoms with van der Waals surface area (Å²) in [5, 5.41) is 10.8. The quantitative estimate of drug-likeness (QED) is 0.867. The minimum atomic E-state index is -0.338. The van der Waals surface area contributed by atoms with Crippen LogP contribution in [0, 0.1) is 11.7 Å². The van der Waals surface area contributed by atoms with Crippen molar-refractivity contribution in [1.82, 2.24) is 20.3 Å². The van der Waals surface area contributed by atoms with Gasteiger partial charge in [0.2, 0.25) is 0 Å². The Morgan fingerprint density at radius 3 is 2.71 bits per heavy atom. The molecule has 1 unspecified atom stereocenters.